The first kappa shape index (κ1) is 15.1. The third-order valence-corrected chi connectivity index (χ3v) is 2.78. The third kappa shape index (κ3) is 6.09. The van der Waals surface area contributed by atoms with Gasteiger partial charge in [-0.3, -0.25) is 0 Å². The number of esters is 1. The van der Waals surface area contributed by atoms with Crippen LogP contribution in [0.15, 0.2) is 24.3 Å². The van der Waals surface area contributed by atoms with Crippen LogP contribution in [-0.4, -0.2) is 30.2 Å². The lowest BCUT2D eigenvalue weighted by atomic mass is 10.3. The fourth-order valence-corrected chi connectivity index (χ4v) is 1.55. The van der Waals surface area contributed by atoms with Crippen LogP contribution in [-0.2, 0) is 9.53 Å². The maximum Gasteiger partial charge on any atom is 0.344 e. The zero-order valence-electron chi connectivity index (χ0n) is 10.4. The summed E-state index contributed by atoms with van der Waals surface area (Å²) in [5, 5.41) is 0. The van der Waals surface area contributed by atoms with Gasteiger partial charge in [-0.05, 0) is 25.5 Å². The van der Waals surface area contributed by atoms with Gasteiger partial charge < -0.3 is 14.2 Å². The second-order valence-electron chi connectivity index (χ2n) is 3.46. The number of alkyl halides is 1. The van der Waals surface area contributed by atoms with Crippen LogP contribution in [0.5, 0.6) is 11.5 Å². The molecule has 0 unspecified atom stereocenters. The number of carbonyl (C=O) groups excluding carboxylic acids is 1. The summed E-state index contributed by atoms with van der Waals surface area (Å²) in [5.74, 6) is 0.991. The summed E-state index contributed by atoms with van der Waals surface area (Å²) in [7, 11) is 0. The molecule has 0 aliphatic rings. The molecule has 0 saturated carbocycles. The smallest absolute Gasteiger partial charge is 0.344 e. The van der Waals surface area contributed by atoms with Gasteiger partial charge in [-0.15, -0.1) is 0 Å². The Bertz CT molecular complexity index is 368. The van der Waals surface area contributed by atoms with Crippen molar-refractivity contribution >= 4 is 28.6 Å². The van der Waals surface area contributed by atoms with Gasteiger partial charge in [0.2, 0.25) is 0 Å². The van der Waals surface area contributed by atoms with E-state index in [1.165, 1.54) is 0 Å². The summed E-state index contributed by atoms with van der Waals surface area (Å²) in [5.41, 5.74) is 0. The summed E-state index contributed by atoms with van der Waals surface area (Å²) >= 11 is 2.31. The van der Waals surface area contributed by atoms with E-state index in [0.29, 0.717) is 19.0 Å². The van der Waals surface area contributed by atoms with Crippen molar-refractivity contribution in [3.63, 3.8) is 0 Å². The molecule has 4 nitrogen and oxygen atoms in total. The lowest BCUT2D eigenvalue weighted by molar-refractivity contribution is -0.145. The average molecular weight is 364 g/mol. The molecule has 1 aromatic rings. The Hall–Kier alpha value is -0.980. The van der Waals surface area contributed by atoms with Gasteiger partial charge in [0.25, 0.3) is 0 Å². The fraction of sp³-hybridized carbons (Fsp3) is 0.462. The molecule has 100 valence electrons. The van der Waals surface area contributed by atoms with Crippen LogP contribution < -0.4 is 9.47 Å². The van der Waals surface area contributed by atoms with Crippen molar-refractivity contribution < 1.29 is 19.0 Å². The minimum absolute atomic E-state index is 0.0783. The highest BCUT2D eigenvalue weighted by atomic mass is 127. The standard InChI is InChI=1S/C13H17IO4/c1-2-16-13(15)10-18-12-6-3-5-11(9-12)17-8-4-7-14/h3,5-6,9H,2,4,7-8,10H2,1H3. The van der Waals surface area contributed by atoms with E-state index in [4.69, 9.17) is 14.2 Å². The Kier molecular flexibility index (Phi) is 7.55. The van der Waals surface area contributed by atoms with Gasteiger partial charge in [0, 0.05) is 10.5 Å². The maximum atomic E-state index is 11.1. The highest BCUT2D eigenvalue weighted by molar-refractivity contribution is 14.1. The van der Waals surface area contributed by atoms with Gasteiger partial charge in [0.15, 0.2) is 6.61 Å². The molecular formula is C13H17IO4. The SMILES string of the molecule is CCOC(=O)COc1cccc(OCCCI)c1. The van der Waals surface area contributed by atoms with Crippen LogP contribution in [0.4, 0.5) is 0 Å². The molecule has 0 bridgehead atoms. The predicted octanol–water partition coefficient (Wildman–Crippen LogP) is 2.83. The lowest BCUT2D eigenvalue weighted by Gasteiger charge is -2.08. The molecule has 5 heteroatoms. The van der Waals surface area contributed by atoms with E-state index in [9.17, 15) is 4.79 Å². The van der Waals surface area contributed by atoms with Crippen molar-refractivity contribution in [1.82, 2.24) is 0 Å². The second-order valence-corrected chi connectivity index (χ2v) is 4.54. The van der Waals surface area contributed by atoms with Crippen LogP contribution in [0.3, 0.4) is 0 Å². The van der Waals surface area contributed by atoms with Crippen LogP contribution in [0.25, 0.3) is 0 Å². The lowest BCUT2D eigenvalue weighted by Crippen LogP contribution is -2.14. The Morgan fingerprint density at radius 3 is 2.67 bits per heavy atom. The normalized spacial score (nSPS) is 9.89. The van der Waals surface area contributed by atoms with E-state index in [1.54, 1.807) is 19.1 Å². The first-order valence-electron chi connectivity index (χ1n) is 5.83. The van der Waals surface area contributed by atoms with E-state index >= 15 is 0 Å². The molecule has 0 spiro atoms. The van der Waals surface area contributed by atoms with Crippen LogP contribution in [0.2, 0.25) is 0 Å². The number of hydrogen-bond acceptors (Lipinski definition) is 4. The van der Waals surface area contributed by atoms with E-state index in [2.05, 4.69) is 22.6 Å². The van der Waals surface area contributed by atoms with Crippen molar-refractivity contribution in [2.24, 2.45) is 0 Å². The summed E-state index contributed by atoms with van der Waals surface area (Å²) < 4.78 is 16.7. The topological polar surface area (TPSA) is 44.8 Å². The highest BCUT2D eigenvalue weighted by Crippen LogP contribution is 2.19. The molecule has 0 heterocycles. The largest absolute Gasteiger partial charge is 0.493 e. The first-order chi connectivity index (χ1) is 8.76. The Labute approximate surface area is 121 Å². The summed E-state index contributed by atoms with van der Waals surface area (Å²) in [6.45, 7) is 2.73. The van der Waals surface area contributed by atoms with Gasteiger partial charge in [0.1, 0.15) is 11.5 Å². The average Bonchev–Trinajstić information content (AvgIpc) is 2.38. The number of carbonyl (C=O) groups is 1. The molecule has 0 aliphatic carbocycles. The fourth-order valence-electron chi connectivity index (χ4n) is 1.24. The summed E-state index contributed by atoms with van der Waals surface area (Å²) in [4.78, 5) is 11.1. The van der Waals surface area contributed by atoms with Crippen molar-refractivity contribution in [2.45, 2.75) is 13.3 Å². The Morgan fingerprint density at radius 2 is 2.00 bits per heavy atom. The van der Waals surface area contributed by atoms with Crippen LogP contribution in [0.1, 0.15) is 13.3 Å². The Morgan fingerprint density at radius 1 is 1.28 bits per heavy atom. The quantitative estimate of drug-likeness (QED) is 0.308. The van der Waals surface area contributed by atoms with Crippen LogP contribution >= 0.6 is 22.6 Å². The number of benzene rings is 1. The van der Waals surface area contributed by atoms with Gasteiger partial charge in [0.05, 0.1) is 13.2 Å². The van der Waals surface area contributed by atoms with Gasteiger partial charge >= 0.3 is 5.97 Å². The van der Waals surface area contributed by atoms with Crippen LogP contribution in [0, 0.1) is 0 Å². The molecule has 0 atom stereocenters. The molecule has 0 amide bonds. The van der Waals surface area contributed by atoms with Crippen molar-refractivity contribution in [3.05, 3.63) is 24.3 Å². The van der Waals surface area contributed by atoms with Gasteiger partial charge in [-0.1, -0.05) is 28.7 Å². The number of halogens is 1. The summed E-state index contributed by atoms with van der Waals surface area (Å²) in [6, 6.07) is 7.25. The van der Waals surface area contributed by atoms with E-state index in [0.717, 1.165) is 16.6 Å². The molecule has 0 N–H and O–H groups in total. The summed E-state index contributed by atoms with van der Waals surface area (Å²) in [6.07, 6.45) is 1.01. The minimum Gasteiger partial charge on any atom is -0.493 e. The van der Waals surface area contributed by atoms with Gasteiger partial charge in [-0.2, -0.15) is 0 Å². The minimum atomic E-state index is -0.367. The van der Waals surface area contributed by atoms with Crippen molar-refractivity contribution in [2.75, 3.05) is 24.2 Å². The maximum absolute atomic E-state index is 11.1. The molecule has 0 aromatic heterocycles. The number of ether oxygens (including phenoxy) is 3. The molecular weight excluding hydrogens is 347 g/mol. The molecule has 0 saturated heterocycles. The van der Waals surface area contributed by atoms with E-state index in [-0.39, 0.29) is 12.6 Å². The third-order valence-electron chi connectivity index (χ3n) is 2.01. The van der Waals surface area contributed by atoms with Gasteiger partial charge in [-0.25, -0.2) is 4.79 Å². The monoisotopic (exact) mass is 364 g/mol. The van der Waals surface area contributed by atoms with E-state index in [1.807, 2.05) is 12.1 Å². The molecule has 0 fully saturated rings. The second kappa shape index (κ2) is 9.02. The predicted molar refractivity (Wildman–Crippen MR) is 77.6 cm³/mol. The molecule has 0 radical (unpaired) electrons. The Balaban J connectivity index is 2.41. The van der Waals surface area contributed by atoms with Crippen molar-refractivity contribution in [1.29, 1.82) is 0 Å². The number of rotatable bonds is 8. The number of hydrogen-bond donors (Lipinski definition) is 0. The first-order valence-corrected chi connectivity index (χ1v) is 7.36. The zero-order chi connectivity index (χ0) is 13.2. The molecule has 1 rings (SSSR count). The van der Waals surface area contributed by atoms with Crippen molar-refractivity contribution in [3.8, 4) is 11.5 Å². The highest BCUT2D eigenvalue weighted by Gasteiger charge is 2.03. The molecule has 0 aliphatic heterocycles. The molecule has 18 heavy (non-hydrogen) atoms. The van der Waals surface area contributed by atoms with E-state index < -0.39 is 0 Å². The zero-order valence-corrected chi connectivity index (χ0v) is 12.5. The molecule has 1 aromatic carbocycles.